The quantitative estimate of drug-likeness (QED) is 0.875. The second-order valence-corrected chi connectivity index (χ2v) is 8.38. The highest BCUT2D eigenvalue weighted by atomic mass is 32.2. The molecular formula is C17H25NO3S. The number of sulfone groups is 1. The first-order chi connectivity index (χ1) is 10.5. The number of hydrogen-bond acceptors (Lipinski definition) is 3. The lowest BCUT2D eigenvalue weighted by atomic mass is 9.81. The molecule has 1 aromatic rings. The van der Waals surface area contributed by atoms with E-state index in [0.717, 1.165) is 18.4 Å². The van der Waals surface area contributed by atoms with Gasteiger partial charge in [-0.05, 0) is 24.3 Å². The van der Waals surface area contributed by atoms with Gasteiger partial charge in [-0.25, -0.2) is 8.42 Å². The molecule has 0 heterocycles. The van der Waals surface area contributed by atoms with Crippen molar-refractivity contribution in [2.75, 3.05) is 11.5 Å². The fraction of sp³-hybridized carbons (Fsp3) is 0.588. The van der Waals surface area contributed by atoms with E-state index >= 15 is 0 Å². The molecule has 1 aliphatic rings. The molecule has 0 spiro atoms. The number of amides is 1. The van der Waals surface area contributed by atoms with Gasteiger partial charge in [-0.1, -0.05) is 56.5 Å². The Labute approximate surface area is 133 Å². The number of nitrogens with one attached hydrogen (secondary N) is 1. The molecule has 1 atom stereocenters. The predicted molar refractivity (Wildman–Crippen MR) is 88.2 cm³/mol. The molecule has 0 radical (unpaired) electrons. The first kappa shape index (κ1) is 17.0. The van der Waals surface area contributed by atoms with Crippen molar-refractivity contribution >= 4 is 15.7 Å². The molecule has 1 fully saturated rings. The fourth-order valence-corrected chi connectivity index (χ4v) is 3.81. The fourth-order valence-electron chi connectivity index (χ4n) is 3.12. The minimum Gasteiger partial charge on any atom is -0.348 e. The molecule has 122 valence electrons. The number of carbonyl (C=O) groups excluding carboxylic acids is 1. The van der Waals surface area contributed by atoms with E-state index in [-0.39, 0.29) is 17.7 Å². The van der Waals surface area contributed by atoms with Crippen molar-refractivity contribution < 1.29 is 13.2 Å². The van der Waals surface area contributed by atoms with E-state index < -0.39 is 15.6 Å². The molecule has 0 unspecified atom stereocenters. The summed E-state index contributed by atoms with van der Waals surface area (Å²) in [5.41, 5.74) is 1.07. The summed E-state index contributed by atoms with van der Waals surface area (Å²) < 4.78 is 23.3. The standard InChI is InChI=1S/C17H25NO3S/c1-2-22(20,21)13-16(19)18-17(14-9-5-3-6-10-14)15-11-7-4-8-12-15/h3,5-6,9-10,15,17H,2,4,7-8,11-13H2,1H3,(H,18,19)/t17-/m0/s1. The third-order valence-electron chi connectivity index (χ3n) is 4.39. The number of carbonyl (C=O) groups is 1. The van der Waals surface area contributed by atoms with Gasteiger partial charge < -0.3 is 5.32 Å². The van der Waals surface area contributed by atoms with Gasteiger partial charge in [0.1, 0.15) is 5.75 Å². The Bertz CT molecular complexity index is 577. The van der Waals surface area contributed by atoms with E-state index in [0.29, 0.717) is 5.92 Å². The molecule has 1 amide bonds. The summed E-state index contributed by atoms with van der Waals surface area (Å²) in [5, 5.41) is 2.98. The van der Waals surface area contributed by atoms with E-state index in [1.165, 1.54) is 19.3 Å². The summed E-state index contributed by atoms with van der Waals surface area (Å²) in [4.78, 5) is 12.2. The average molecular weight is 323 g/mol. The summed E-state index contributed by atoms with van der Waals surface area (Å²) in [6.45, 7) is 1.57. The van der Waals surface area contributed by atoms with E-state index in [2.05, 4.69) is 5.32 Å². The highest BCUT2D eigenvalue weighted by Crippen LogP contribution is 2.34. The molecule has 4 nitrogen and oxygen atoms in total. The first-order valence-electron chi connectivity index (χ1n) is 8.06. The van der Waals surface area contributed by atoms with Crippen molar-refractivity contribution in [3.05, 3.63) is 35.9 Å². The van der Waals surface area contributed by atoms with Gasteiger partial charge in [0.05, 0.1) is 6.04 Å². The molecule has 1 aromatic carbocycles. The van der Waals surface area contributed by atoms with Crippen molar-refractivity contribution in [3.63, 3.8) is 0 Å². The Hall–Kier alpha value is -1.36. The molecule has 0 aromatic heterocycles. The van der Waals surface area contributed by atoms with Crippen LogP contribution in [0.5, 0.6) is 0 Å². The van der Waals surface area contributed by atoms with Crippen LogP contribution in [0.1, 0.15) is 50.6 Å². The largest absolute Gasteiger partial charge is 0.348 e. The summed E-state index contributed by atoms with van der Waals surface area (Å²) in [7, 11) is -3.29. The molecular weight excluding hydrogens is 298 g/mol. The Morgan fingerprint density at radius 3 is 2.41 bits per heavy atom. The van der Waals surface area contributed by atoms with Crippen molar-refractivity contribution in [1.82, 2.24) is 5.32 Å². The third kappa shape index (κ3) is 4.83. The van der Waals surface area contributed by atoms with Crippen LogP contribution in [0.15, 0.2) is 30.3 Å². The molecule has 22 heavy (non-hydrogen) atoms. The van der Waals surface area contributed by atoms with Crippen LogP contribution in [0.2, 0.25) is 0 Å². The lowest BCUT2D eigenvalue weighted by Gasteiger charge is -2.31. The van der Waals surface area contributed by atoms with Gasteiger partial charge in [0.25, 0.3) is 0 Å². The lowest BCUT2D eigenvalue weighted by Crippen LogP contribution is -2.38. The first-order valence-corrected chi connectivity index (χ1v) is 9.88. The Kier molecular flexibility index (Phi) is 6.00. The number of benzene rings is 1. The number of hydrogen-bond donors (Lipinski definition) is 1. The SMILES string of the molecule is CCS(=O)(=O)CC(=O)N[C@@H](c1ccccc1)C1CCCCC1. The highest BCUT2D eigenvalue weighted by molar-refractivity contribution is 7.92. The second kappa shape index (κ2) is 7.77. The molecule has 0 aliphatic heterocycles. The summed E-state index contributed by atoms with van der Waals surface area (Å²) in [6.07, 6.45) is 5.77. The van der Waals surface area contributed by atoms with Crippen LogP contribution >= 0.6 is 0 Å². The topological polar surface area (TPSA) is 63.2 Å². The average Bonchev–Trinajstić information content (AvgIpc) is 2.54. The van der Waals surface area contributed by atoms with Crippen molar-refractivity contribution in [2.24, 2.45) is 5.92 Å². The van der Waals surface area contributed by atoms with E-state index in [4.69, 9.17) is 0 Å². The smallest absolute Gasteiger partial charge is 0.235 e. The van der Waals surface area contributed by atoms with Crippen LogP contribution in [0, 0.1) is 5.92 Å². The molecule has 1 aliphatic carbocycles. The van der Waals surface area contributed by atoms with Crippen LogP contribution < -0.4 is 5.32 Å². The molecule has 1 N–H and O–H groups in total. The molecule has 0 saturated heterocycles. The van der Waals surface area contributed by atoms with Crippen molar-refractivity contribution in [2.45, 2.75) is 45.1 Å². The zero-order valence-electron chi connectivity index (χ0n) is 13.1. The van der Waals surface area contributed by atoms with Crippen molar-refractivity contribution in [1.29, 1.82) is 0 Å². The monoisotopic (exact) mass is 323 g/mol. The van der Waals surface area contributed by atoms with E-state index in [1.807, 2.05) is 30.3 Å². The van der Waals surface area contributed by atoms with Gasteiger partial charge in [0.15, 0.2) is 9.84 Å². The van der Waals surface area contributed by atoms with Crippen LogP contribution in [-0.4, -0.2) is 25.8 Å². The Morgan fingerprint density at radius 1 is 1.18 bits per heavy atom. The zero-order chi connectivity index (χ0) is 16.0. The minimum atomic E-state index is -3.29. The van der Waals surface area contributed by atoms with Gasteiger partial charge in [-0.2, -0.15) is 0 Å². The lowest BCUT2D eigenvalue weighted by molar-refractivity contribution is -0.119. The van der Waals surface area contributed by atoms with Gasteiger partial charge in [-0.15, -0.1) is 0 Å². The van der Waals surface area contributed by atoms with E-state index in [9.17, 15) is 13.2 Å². The Balaban J connectivity index is 2.12. The van der Waals surface area contributed by atoms with Crippen LogP contribution in [-0.2, 0) is 14.6 Å². The Morgan fingerprint density at radius 2 is 1.82 bits per heavy atom. The summed E-state index contributed by atoms with van der Waals surface area (Å²) >= 11 is 0. The molecule has 0 bridgehead atoms. The van der Waals surface area contributed by atoms with Crippen LogP contribution in [0.4, 0.5) is 0 Å². The van der Waals surface area contributed by atoms with Crippen LogP contribution in [0.3, 0.4) is 0 Å². The van der Waals surface area contributed by atoms with E-state index in [1.54, 1.807) is 6.92 Å². The van der Waals surface area contributed by atoms with Gasteiger partial charge >= 0.3 is 0 Å². The predicted octanol–water partition coefficient (Wildman–Crippen LogP) is 2.86. The van der Waals surface area contributed by atoms with Gasteiger partial charge in [0, 0.05) is 5.75 Å². The van der Waals surface area contributed by atoms with Gasteiger partial charge in [-0.3, -0.25) is 4.79 Å². The minimum absolute atomic E-state index is 0.000147. The maximum absolute atomic E-state index is 12.2. The van der Waals surface area contributed by atoms with Crippen molar-refractivity contribution in [3.8, 4) is 0 Å². The third-order valence-corrected chi connectivity index (χ3v) is 5.97. The van der Waals surface area contributed by atoms with Crippen LogP contribution in [0.25, 0.3) is 0 Å². The molecule has 5 heteroatoms. The summed E-state index contributed by atoms with van der Waals surface area (Å²) in [6, 6.07) is 9.80. The highest BCUT2D eigenvalue weighted by Gasteiger charge is 2.27. The normalized spacial score (nSPS) is 17.9. The summed E-state index contributed by atoms with van der Waals surface area (Å²) in [5.74, 6) is -0.412. The zero-order valence-corrected chi connectivity index (χ0v) is 13.9. The maximum Gasteiger partial charge on any atom is 0.235 e. The molecule has 2 rings (SSSR count). The second-order valence-electron chi connectivity index (χ2n) is 6.03. The maximum atomic E-state index is 12.2. The molecule has 1 saturated carbocycles. The number of rotatable bonds is 6. The van der Waals surface area contributed by atoms with Gasteiger partial charge in [0.2, 0.25) is 5.91 Å².